The summed E-state index contributed by atoms with van der Waals surface area (Å²) in [5.41, 5.74) is 6.13. The normalized spacial score (nSPS) is 21.5. The molecule has 24 heavy (non-hydrogen) atoms. The van der Waals surface area contributed by atoms with Gasteiger partial charge in [-0.25, -0.2) is 0 Å². The van der Waals surface area contributed by atoms with Crippen LogP contribution in [0.5, 0.6) is 0 Å². The second-order valence-electron chi connectivity index (χ2n) is 7.63. The van der Waals surface area contributed by atoms with Crippen LogP contribution >= 0.6 is 0 Å². The third-order valence-electron chi connectivity index (χ3n) is 5.67. The average molecular weight is 334 g/mol. The first-order valence-electron chi connectivity index (χ1n) is 9.50. The number of hydrogen-bond donors (Lipinski definition) is 2. The lowest BCUT2D eigenvalue weighted by molar-refractivity contribution is -0.121. The fourth-order valence-electron chi connectivity index (χ4n) is 4.18. The highest BCUT2D eigenvalue weighted by molar-refractivity contribution is 5.78. The standard InChI is InChI=1S/C18H30N4O2/c19-13-18(9-5-2-6-10-18)12-17-21-15(22-24-17)11-16(23)20-14-7-3-1-4-8-14/h14H,1-13,19H2,(H,20,23). The van der Waals surface area contributed by atoms with Gasteiger partial charge in [0.2, 0.25) is 11.8 Å². The molecule has 2 aliphatic rings. The van der Waals surface area contributed by atoms with Crippen molar-refractivity contribution in [1.29, 1.82) is 0 Å². The van der Waals surface area contributed by atoms with Crippen LogP contribution in [0.3, 0.4) is 0 Å². The van der Waals surface area contributed by atoms with Crippen LogP contribution in [0, 0.1) is 5.41 Å². The number of nitrogens with zero attached hydrogens (tertiary/aromatic N) is 2. The highest BCUT2D eigenvalue weighted by Crippen LogP contribution is 2.38. The predicted octanol–water partition coefficient (Wildman–Crippen LogP) is 2.51. The molecule has 1 amide bonds. The fraction of sp³-hybridized carbons (Fsp3) is 0.833. The lowest BCUT2D eigenvalue weighted by Crippen LogP contribution is -2.37. The molecule has 0 aliphatic heterocycles. The summed E-state index contributed by atoms with van der Waals surface area (Å²) >= 11 is 0. The lowest BCUT2D eigenvalue weighted by Gasteiger charge is -2.34. The maximum absolute atomic E-state index is 12.1. The Labute approximate surface area is 143 Å². The van der Waals surface area contributed by atoms with E-state index in [1.165, 1.54) is 38.5 Å². The summed E-state index contributed by atoms with van der Waals surface area (Å²) in [5.74, 6) is 1.12. The van der Waals surface area contributed by atoms with Gasteiger partial charge in [-0.05, 0) is 37.6 Å². The van der Waals surface area contributed by atoms with Crippen molar-refractivity contribution in [3.8, 4) is 0 Å². The van der Waals surface area contributed by atoms with Crippen LogP contribution in [-0.2, 0) is 17.6 Å². The third kappa shape index (κ3) is 4.56. The van der Waals surface area contributed by atoms with Crippen LogP contribution in [-0.4, -0.2) is 28.6 Å². The van der Waals surface area contributed by atoms with E-state index in [4.69, 9.17) is 10.3 Å². The van der Waals surface area contributed by atoms with Gasteiger partial charge in [-0.15, -0.1) is 0 Å². The van der Waals surface area contributed by atoms with Crippen LogP contribution in [0.25, 0.3) is 0 Å². The van der Waals surface area contributed by atoms with Gasteiger partial charge in [0.25, 0.3) is 0 Å². The summed E-state index contributed by atoms with van der Waals surface area (Å²) in [6.07, 6.45) is 12.8. The van der Waals surface area contributed by atoms with Crippen LogP contribution in [0.15, 0.2) is 4.52 Å². The highest BCUT2D eigenvalue weighted by Gasteiger charge is 2.33. The van der Waals surface area contributed by atoms with Crippen molar-refractivity contribution in [3.05, 3.63) is 11.7 Å². The molecule has 1 aromatic heterocycles. The van der Waals surface area contributed by atoms with Gasteiger partial charge in [0.15, 0.2) is 5.82 Å². The number of nitrogens with one attached hydrogen (secondary N) is 1. The lowest BCUT2D eigenvalue weighted by atomic mass is 9.72. The molecule has 0 aromatic carbocycles. The largest absolute Gasteiger partial charge is 0.353 e. The molecule has 6 heteroatoms. The predicted molar refractivity (Wildman–Crippen MR) is 91.3 cm³/mol. The van der Waals surface area contributed by atoms with E-state index in [0.29, 0.717) is 24.3 Å². The second-order valence-corrected chi connectivity index (χ2v) is 7.63. The van der Waals surface area contributed by atoms with Crippen LogP contribution in [0.4, 0.5) is 0 Å². The minimum absolute atomic E-state index is 0.000421. The van der Waals surface area contributed by atoms with Crippen LogP contribution in [0.1, 0.15) is 75.9 Å². The second kappa shape index (κ2) is 8.10. The minimum Gasteiger partial charge on any atom is -0.353 e. The Balaban J connectivity index is 1.52. The van der Waals surface area contributed by atoms with Gasteiger partial charge in [-0.2, -0.15) is 4.98 Å². The summed E-state index contributed by atoms with van der Waals surface area (Å²) < 4.78 is 5.39. The monoisotopic (exact) mass is 334 g/mol. The Morgan fingerprint density at radius 1 is 1.17 bits per heavy atom. The molecule has 6 nitrogen and oxygen atoms in total. The average Bonchev–Trinajstić information content (AvgIpc) is 3.03. The number of aromatic nitrogens is 2. The SMILES string of the molecule is NCC1(Cc2nc(CC(=O)NC3CCCCC3)no2)CCCCC1. The van der Waals surface area contributed by atoms with Gasteiger partial charge in [-0.3, -0.25) is 4.79 Å². The summed E-state index contributed by atoms with van der Waals surface area (Å²) in [6, 6.07) is 0.320. The fourth-order valence-corrected chi connectivity index (χ4v) is 4.18. The van der Waals surface area contributed by atoms with Crippen molar-refractivity contribution in [2.75, 3.05) is 6.54 Å². The molecule has 0 unspecified atom stereocenters. The molecular weight excluding hydrogens is 304 g/mol. The molecule has 134 valence electrons. The number of nitrogens with two attached hydrogens (primary N) is 1. The molecule has 1 heterocycles. The first kappa shape index (κ1) is 17.4. The summed E-state index contributed by atoms with van der Waals surface area (Å²) in [7, 11) is 0. The molecule has 0 radical (unpaired) electrons. The highest BCUT2D eigenvalue weighted by atomic mass is 16.5. The zero-order valence-electron chi connectivity index (χ0n) is 14.6. The molecular formula is C18H30N4O2. The smallest absolute Gasteiger partial charge is 0.228 e. The van der Waals surface area contributed by atoms with Gasteiger partial charge >= 0.3 is 0 Å². The molecule has 2 fully saturated rings. The van der Waals surface area contributed by atoms with Crippen LogP contribution in [0.2, 0.25) is 0 Å². The van der Waals surface area contributed by atoms with Gasteiger partial charge in [0, 0.05) is 12.5 Å². The van der Waals surface area contributed by atoms with Crippen molar-refractivity contribution in [2.24, 2.45) is 11.1 Å². The summed E-state index contributed by atoms with van der Waals surface area (Å²) in [5, 5.41) is 7.09. The van der Waals surface area contributed by atoms with Crippen molar-refractivity contribution in [1.82, 2.24) is 15.5 Å². The number of amides is 1. The van der Waals surface area contributed by atoms with Gasteiger partial charge in [0.1, 0.15) is 0 Å². The number of carbonyl (C=O) groups excluding carboxylic acids is 1. The molecule has 0 spiro atoms. The maximum Gasteiger partial charge on any atom is 0.228 e. The zero-order valence-corrected chi connectivity index (χ0v) is 14.6. The Bertz CT molecular complexity index is 531. The number of carbonyl (C=O) groups is 1. The van der Waals surface area contributed by atoms with Crippen molar-refractivity contribution in [2.45, 2.75) is 83.1 Å². The minimum atomic E-state index is 0.000421. The first-order chi connectivity index (χ1) is 11.7. The molecule has 1 aromatic rings. The molecule has 0 atom stereocenters. The number of hydrogen-bond acceptors (Lipinski definition) is 5. The van der Waals surface area contributed by atoms with Gasteiger partial charge < -0.3 is 15.6 Å². The van der Waals surface area contributed by atoms with E-state index in [-0.39, 0.29) is 17.7 Å². The van der Waals surface area contributed by atoms with E-state index in [1.807, 2.05) is 0 Å². The Morgan fingerprint density at radius 3 is 2.58 bits per heavy atom. The van der Waals surface area contributed by atoms with E-state index in [1.54, 1.807) is 0 Å². The molecule has 2 saturated carbocycles. The molecule has 0 bridgehead atoms. The van der Waals surface area contributed by atoms with Gasteiger partial charge in [0.05, 0.1) is 6.42 Å². The van der Waals surface area contributed by atoms with E-state index < -0.39 is 0 Å². The van der Waals surface area contributed by atoms with Crippen molar-refractivity contribution < 1.29 is 9.32 Å². The first-order valence-corrected chi connectivity index (χ1v) is 9.50. The molecule has 0 saturated heterocycles. The van der Waals surface area contributed by atoms with Crippen molar-refractivity contribution >= 4 is 5.91 Å². The maximum atomic E-state index is 12.1. The van der Waals surface area contributed by atoms with E-state index in [2.05, 4.69) is 15.5 Å². The van der Waals surface area contributed by atoms with E-state index in [9.17, 15) is 4.79 Å². The Kier molecular flexibility index (Phi) is 5.87. The third-order valence-corrected chi connectivity index (χ3v) is 5.67. The van der Waals surface area contributed by atoms with Crippen molar-refractivity contribution in [3.63, 3.8) is 0 Å². The summed E-state index contributed by atoms with van der Waals surface area (Å²) in [6.45, 7) is 0.660. The van der Waals surface area contributed by atoms with E-state index in [0.717, 1.165) is 32.1 Å². The molecule has 3 N–H and O–H groups in total. The van der Waals surface area contributed by atoms with Crippen LogP contribution < -0.4 is 11.1 Å². The quantitative estimate of drug-likeness (QED) is 0.833. The number of rotatable bonds is 6. The topological polar surface area (TPSA) is 94.0 Å². The Hall–Kier alpha value is -1.43. The van der Waals surface area contributed by atoms with Gasteiger partial charge in [-0.1, -0.05) is 43.7 Å². The molecule has 3 rings (SSSR count). The Morgan fingerprint density at radius 2 is 1.88 bits per heavy atom. The summed E-state index contributed by atoms with van der Waals surface area (Å²) in [4.78, 5) is 16.6. The molecule has 2 aliphatic carbocycles. The zero-order chi connectivity index (χ0) is 16.8. The van der Waals surface area contributed by atoms with E-state index >= 15 is 0 Å².